The standard InChI is InChI=1S/C23H25N5O/c1-4-20-19-5-6-23(27-18-10-16-2-3-17(11-18)26-16)28-21(19)7-8-29-22(20)9-14(1)15-12-24-25-13-15/h1,4-6,9,12-13,16-18,26H,2-3,7-8,10-11H2,(H,24,25)(H,27,28)/t16-,17+,18?. The molecule has 0 amide bonds. The van der Waals surface area contributed by atoms with Crippen molar-refractivity contribution in [1.82, 2.24) is 20.5 Å². The van der Waals surface area contributed by atoms with Crippen LogP contribution in [0.4, 0.5) is 5.82 Å². The van der Waals surface area contributed by atoms with Gasteiger partial charge in [-0.25, -0.2) is 4.98 Å². The van der Waals surface area contributed by atoms with E-state index in [1.807, 2.05) is 12.4 Å². The van der Waals surface area contributed by atoms with Crippen LogP contribution in [0.25, 0.3) is 22.3 Å². The maximum Gasteiger partial charge on any atom is 0.127 e. The molecule has 0 saturated carbocycles. The van der Waals surface area contributed by atoms with E-state index >= 15 is 0 Å². The van der Waals surface area contributed by atoms with Gasteiger partial charge in [0.25, 0.3) is 0 Å². The first-order valence-electron chi connectivity index (χ1n) is 10.6. The quantitative estimate of drug-likeness (QED) is 0.638. The lowest BCUT2D eigenvalue weighted by Gasteiger charge is -2.30. The highest BCUT2D eigenvalue weighted by Crippen LogP contribution is 2.38. The maximum absolute atomic E-state index is 6.10. The van der Waals surface area contributed by atoms with E-state index in [0.29, 0.717) is 24.7 Å². The molecule has 2 saturated heterocycles. The number of hydrogen-bond donors (Lipinski definition) is 3. The molecule has 0 spiro atoms. The van der Waals surface area contributed by atoms with Crippen LogP contribution >= 0.6 is 0 Å². The summed E-state index contributed by atoms with van der Waals surface area (Å²) in [5.74, 6) is 1.91. The molecule has 3 aliphatic rings. The van der Waals surface area contributed by atoms with Crippen molar-refractivity contribution in [3.8, 4) is 28.0 Å². The fraction of sp³-hybridized carbons (Fsp3) is 0.391. The van der Waals surface area contributed by atoms with Gasteiger partial charge in [-0.3, -0.25) is 5.10 Å². The molecule has 2 bridgehead atoms. The number of nitrogens with one attached hydrogen (secondary N) is 3. The van der Waals surface area contributed by atoms with Gasteiger partial charge >= 0.3 is 0 Å². The van der Waals surface area contributed by atoms with Crippen LogP contribution in [-0.4, -0.2) is 39.9 Å². The third kappa shape index (κ3) is 3.17. The Hall–Kier alpha value is -2.86. The lowest BCUT2D eigenvalue weighted by molar-refractivity contribution is 0.325. The van der Waals surface area contributed by atoms with Crippen molar-refractivity contribution in [2.24, 2.45) is 0 Å². The lowest BCUT2D eigenvalue weighted by Crippen LogP contribution is -2.43. The summed E-state index contributed by atoms with van der Waals surface area (Å²) in [5.41, 5.74) is 5.57. The van der Waals surface area contributed by atoms with Crippen LogP contribution in [0.1, 0.15) is 31.4 Å². The molecule has 2 fully saturated rings. The summed E-state index contributed by atoms with van der Waals surface area (Å²) in [6.07, 6.45) is 9.57. The summed E-state index contributed by atoms with van der Waals surface area (Å²) in [6.45, 7) is 0.642. The van der Waals surface area contributed by atoms with Gasteiger partial charge in [0, 0.05) is 47.4 Å². The number of pyridine rings is 1. The Kier molecular flexibility index (Phi) is 4.04. The lowest BCUT2D eigenvalue weighted by atomic mass is 9.98. The SMILES string of the molecule is c1cc2c(cc1-c1cn[nH]c1)OCCc1nc(NC3C[C@H]4CC[C@@H](C3)N4)ccc1-2. The minimum absolute atomic E-state index is 0.520. The van der Waals surface area contributed by atoms with E-state index in [4.69, 9.17) is 9.72 Å². The number of aromatic amines is 1. The predicted octanol–water partition coefficient (Wildman–Crippen LogP) is 3.77. The molecule has 6 rings (SSSR count). The first-order valence-corrected chi connectivity index (χ1v) is 10.6. The second kappa shape index (κ2) is 6.88. The van der Waals surface area contributed by atoms with Crippen LogP contribution < -0.4 is 15.4 Å². The van der Waals surface area contributed by atoms with Crippen LogP contribution in [0, 0.1) is 0 Å². The van der Waals surface area contributed by atoms with Crippen molar-refractivity contribution in [2.75, 3.05) is 11.9 Å². The first-order chi connectivity index (χ1) is 14.3. The fourth-order valence-corrected chi connectivity index (χ4v) is 5.11. The van der Waals surface area contributed by atoms with E-state index in [9.17, 15) is 0 Å². The molecule has 2 aromatic heterocycles. The topological polar surface area (TPSA) is 74.9 Å². The molecule has 3 N–H and O–H groups in total. The molecule has 3 aliphatic heterocycles. The number of ether oxygens (including phenoxy) is 1. The molecular formula is C23H25N5O. The Morgan fingerprint density at radius 3 is 2.69 bits per heavy atom. The molecule has 0 radical (unpaired) electrons. The Morgan fingerprint density at radius 2 is 1.86 bits per heavy atom. The van der Waals surface area contributed by atoms with Crippen LogP contribution in [0.2, 0.25) is 0 Å². The van der Waals surface area contributed by atoms with E-state index < -0.39 is 0 Å². The first kappa shape index (κ1) is 17.0. The Morgan fingerprint density at radius 1 is 1.00 bits per heavy atom. The van der Waals surface area contributed by atoms with E-state index in [2.05, 4.69) is 51.2 Å². The van der Waals surface area contributed by atoms with Gasteiger partial charge in [-0.1, -0.05) is 6.07 Å². The van der Waals surface area contributed by atoms with Crippen molar-refractivity contribution in [2.45, 2.75) is 50.2 Å². The summed E-state index contributed by atoms with van der Waals surface area (Å²) in [6, 6.07) is 12.6. The third-order valence-electron chi connectivity index (χ3n) is 6.50. The largest absolute Gasteiger partial charge is 0.493 e. The summed E-state index contributed by atoms with van der Waals surface area (Å²) in [4.78, 5) is 4.98. The van der Waals surface area contributed by atoms with Crippen molar-refractivity contribution in [1.29, 1.82) is 0 Å². The number of rotatable bonds is 3. The van der Waals surface area contributed by atoms with Crippen molar-refractivity contribution >= 4 is 5.82 Å². The molecule has 29 heavy (non-hydrogen) atoms. The van der Waals surface area contributed by atoms with E-state index in [1.54, 1.807) is 0 Å². The van der Waals surface area contributed by atoms with E-state index in [1.165, 1.54) is 31.2 Å². The molecule has 6 heteroatoms. The minimum Gasteiger partial charge on any atom is -0.493 e. The van der Waals surface area contributed by atoms with Gasteiger partial charge in [0.15, 0.2) is 0 Å². The van der Waals surface area contributed by atoms with Gasteiger partial charge in [0.2, 0.25) is 0 Å². The number of hydrogen-bond acceptors (Lipinski definition) is 5. The number of piperidine rings is 1. The van der Waals surface area contributed by atoms with Gasteiger partial charge in [-0.05, 0) is 55.5 Å². The number of H-pyrrole nitrogens is 1. The molecule has 3 aromatic rings. The molecule has 1 aromatic carbocycles. The van der Waals surface area contributed by atoms with Crippen LogP contribution in [-0.2, 0) is 6.42 Å². The average Bonchev–Trinajstić information content (AvgIpc) is 3.34. The van der Waals surface area contributed by atoms with Crippen LogP contribution in [0.3, 0.4) is 0 Å². The zero-order valence-electron chi connectivity index (χ0n) is 16.3. The smallest absolute Gasteiger partial charge is 0.127 e. The molecule has 3 atom stereocenters. The number of nitrogens with zero attached hydrogens (tertiary/aromatic N) is 2. The van der Waals surface area contributed by atoms with Gasteiger partial charge in [0.1, 0.15) is 11.6 Å². The maximum atomic E-state index is 6.10. The van der Waals surface area contributed by atoms with Crippen LogP contribution in [0.15, 0.2) is 42.7 Å². The van der Waals surface area contributed by atoms with E-state index in [-0.39, 0.29) is 0 Å². The number of benzene rings is 1. The summed E-state index contributed by atoms with van der Waals surface area (Å²) < 4.78 is 6.10. The Bertz CT molecular complexity index is 1020. The Labute approximate surface area is 170 Å². The summed E-state index contributed by atoms with van der Waals surface area (Å²) >= 11 is 0. The monoisotopic (exact) mass is 387 g/mol. The predicted molar refractivity (Wildman–Crippen MR) is 113 cm³/mol. The van der Waals surface area contributed by atoms with Crippen molar-refractivity contribution in [3.05, 3.63) is 48.4 Å². The second-order valence-electron chi connectivity index (χ2n) is 8.44. The molecule has 1 unspecified atom stereocenters. The number of fused-ring (bicyclic) bond motifs is 5. The molecule has 0 aliphatic carbocycles. The normalized spacial score (nSPS) is 24.9. The fourth-order valence-electron chi connectivity index (χ4n) is 5.11. The zero-order valence-corrected chi connectivity index (χ0v) is 16.3. The summed E-state index contributed by atoms with van der Waals surface area (Å²) in [7, 11) is 0. The van der Waals surface area contributed by atoms with Gasteiger partial charge in [-0.2, -0.15) is 5.10 Å². The number of aromatic nitrogens is 3. The highest BCUT2D eigenvalue weighted by molar-refractivity contribution is 5.78. The second-order valence-corrected chi connectivity index (χ2v) is 8.44. The summed E-state index contributed by atoms with van der Waals surface area (Å²) in [5, 5.41) is 14.3. The van der Waals surface area contributed by atoms with Crippen LogP contribution in [0.5, 0.6) is 5.75 Å². The van der Waals surface area contributed by atoms with Gasteiger partial charge in [0.05, 0.1) is 18.5 Å². The zero-order chi connectivity index (χ0) is 19.2. The molecule has 6 nitrogen and oxygen atoms in total. The molecule has 148 valence electrons. The molecular weight excluding hydrogens is 362 g/mol. The molecule has 5 heterocycles. The highest BCUT2D eigenvalue weighted by atomic mass is 16.5. The van der Waals surface area contributed by atoms with Gasteiger partial charge in [-0.15, -0.1) is 0 Å². The average molecular weight is 387 g/mol. The Balaban J connectivity index is 1.28. The number of anilines is 1. The van der Waals surface area contributed by atoms with E-state index in [0.717, 1.165) is 40.4 Å². The van der Waals surface area contributed by atoms with Crippen molar-refractivity contribution < 1.29 is 4.74 Å². The highest BCUT2D eigenvalue weighted by Gasteiger charge is 2.33. The third-order valence-corrected chi connectivity index (χ3v) is 6.50. The van der Waals surface area contributed by atoms with Crippen molar-refractivity contribution in [3.63, 3.8) is 0 Å². The van der Waals surface area contributed by atoms with Gasteiger partial charge < -0.3 is 15.4 Å². The minimum atomic E-state index is 0.520.